The van der Waals surface area contributed by atoms with E-state index in [-0.39, 0.29) is 12.6 Å². The maximum absolute atomic E-state index is 8.47. The highest BCUT2D eigenvalue weighted by atomic mass is 16.5. The van der Waals surface area contributed by atoms with Gasteiger partial charge in [0.1, 0.15) is 17.6 Å². The SMILES string of the molecule is Cc1nccc(CNC(C)c2ccc(OCC#N)cc2)n1. The van der Waals surface area contributed by atoms with Crippen molar-refractivity contribution in [2.75, 3.05) is 6.61 Å². The van der Waals surface area contributed by atoms with Gasteiger partial charge in [-0.3, -0.25) is 0 Å². The fourth-order valence-corrected chi connectivity index (χ4v) is 1.95. The lowest BCUT2D eigenvalue weighted by atomic mass is 10.1. The normalized spacial score (nSPS) is 11.7. The summed E-state index contributed by atoms with van der Waals surface area (Å²) in [4.78, 5) is 8.45. The van der Waals surface area contributed by atoms with Crippen LogP contribution in [0.25, 0.3) is 0 Å². The van der Waals surface area contributed by atoms with E-state index in [0.717, 1.165) is 17.1 Å². The molecule has 1 aromatic heterocycles. The molecule has 0 amide bonds. The molecule has 1 N–H and O–H groups in total. The van der Waals surface area contributed by atoms with Crippen LogP contribution in [0.5, 0.6) is 5.75 Å². The number of hydrogen-bond donors (Lipinski definition) is 1. The maximum atomic E-state index is 8.47. The highest BCUT2D eigenvalue weighted by molar-refractivity contribution is 5.29. The number of rotatable bonds is 6. The van der Waals surface area contributed by atoms with E-state index in [1.807, 2.05) is 43.3 Å². The summed E-state index contributed by atoms with van der Waals surface area (Å²) in [7, 11) is 0. The first kappa shape index (κ1) is 14.9. The first-order chi connectivity index (χ1) is 10.2. The molecule has 1 heterocycles. The Balaban J connectivity index is 1.91. The second-order valence-corrected chi connectivity index (χ2v) is 4.71. The van der Waals surface area contributed by atoms with Crippen LogP contribution in [0.3, 0.4) is 0 Å². The van der Waals surface area contributed by atoms with Gasteiger partial charge in [-0.25, -0.2) is 9.97 Å². The zero-order valence-electron chi connectivity index (χ0n) is 12.2. The molecule has 0 aliphatic rings. The smallest absolute Gasteiger partial charge is 0.174 e. The largest absolute Gasteiger partial charge is 0.479 e. The number of benzene rings is 1. The van der Waals surface area contributed by atoms with Gasteiger partial charge in [-0.2, -0.15) is 5.26 Å². The van der Waals surface area contributed by atoms with Crippen molar-refractivity contribution in [3.63, 3.8) is 0 Å². The van der Waals surface area contributed by atoms with Gasteiger partial charge < -0.3 is 10.1 Å². The van der Waals surface area contributed by atoms with Crippen molar-refractivity contribution in [1.82, 2.24) is 15.3 Å². The van der Waals surface area contributed by atoms with Gasteiger partial charge in [0.2, 0.25) is 0 Å². The molecule has 0 saturated heterocycles. The predicted octanol–water partition coefficient (Wildman–Crippen LogP) is 2.54. The molecule has 0 aliphatic carbocycles. The summed E-state index contributed by atoms with van der Waals surface area (Å²) in [6.07, 6.45) is 1.77. The van der Waals surface area contributed by atoms with Crippen molar-refractivity contribution in [2.24, 2.45) is 0 Å². The van der Waals surface area contributed by atoms with Gasteiger partial charge in [0.05, 0.1) is 5.69 Å². The Morgan fingerprint density at radius 1 is 1.29 bits per heavy atom. The molecule has 0 saturated carbocycles. The average molecular weight is 282 g/mol. The molecular weight excluding hydrogens is 264 g/mol. The molecule has 0 radical (unpaired) electrons. The van der Waals surface area contributed by atoms with Crippen LogP contribution in [0.2, 0.25) is 0 Å². The summed E-state index contributed by atoms with van der Waals surface area (Å²) in [5.74, 6) is 1.49. The van der Waals surface area contributed by atoms with Crippen molar-refractivity contribution >= 4 is 0 Å². The summed E-state index contributed by atoms with van der Waals surface area (Å²) in [6.45, 7) is 4.74. The zero-order chi connectivity index (χ0) is 15.1. The Morgan fingerprint density at radius 2 is 2.05 bits per heavy atom. The molecule has 21 heavy (non-hydrogen) atoms. The second-order valence-electron chi connectivity index (χ2n) is 4.71. The van der Waals surface area contributed by atoms with E-state index in [9.17, 15) is 0 Å². The van der Waals surface area contributed by atoms with Crippen molar-refractivity contribution in [2.45, 2.75) is 26.4 Å². The monoisotopic (exact) mass is 282 g/mol. The maximum Gasteiger partial charge on any atom is 0.174 e. The van der Waals surface area contributed by atoms with Crippen LogP contribution in [-0.4, -0.2) is 16.6 Å². The van der Waals surface area contributed by atoms with Gasteiger partial charge in [-0.05, 0) is 37.6 Å². The molecule has 0 spiro atoms. The van der Waals surface area contributed by atoms with Crippen LogP contribution in [0.1, 0.15) is 30.0 Å². The molecule has 1 unspecified atom stereocenters. The van der Waals surface area contributed by atoms with Crippen molar-refractivity contribution in [3.8, 4) is 11.8 Å². The van der Waals surface area contributed by atoms with E-state index in [1.54, 1.807) is 6.20 Å². The minimum Gasteiger partial charge on any atom is -0.479 e. The second kappa shape index (κ2) is 7.36. The number of nitriles is 1. The Morgan fingerprint density at radius 3 is 2.71 bits per heavy atom. The standard InChI is InChI=1S/C16H18N4O/c1-12(19-11-15-7-9-18-13(2)20-15)14-3-5-16(6-4-14)21-10-8-17/h3-7,9,12,19H,10-11H2,1-2H3. The summed E-state index contributed by atoms with van der Waals surface area (Å²) in [5, 5.41) is 11.9. The van der Waals surface area contributed by atoms with Gasteiger partial charge in [0, 0.05) is 18.8 Å². The van der Waals surface area contributed by atoms with Gasteiger partial charge in [0.15, 0.2) is 6.61 Å². The fraction of sp³-hybridized carbons (Fsp3) is 0.312. The first-order valence-corrected chi connectivity index (χ1v) is 6.80. The van der Waals surface area contributed by atoms with Gasteiger partial charge in [0.25, 0.3) is 0 Å². The summed E-state index contributed by atoms with van der Waals surface area (Å²) in [5.41, 5.74) is 2.13. The summed E-state index contributed by atoms with van der Waals surface area (Å²) < 4.78 is 5.23. The minimum absolute atomic E-state index is 0.0697. The molecule has 1 atom stereocenters. The van der Waals surface area contributed by atoms with Crippen LogP contribution < -0.4 is 10.1 Å². The van der Waals surface area contributed by atoms with E-state index in [1.165, 1.54) is 0 Å². The van der Waals surface area contributed by atoms with E-state index >= 15 is 0 Å². The Kier molecular flexibility index (Phi) is 5.24. The molecule has 2 aromatic rings. The molecule has 0 fully saturated rings. The average Bonchev–Trinajstić information content (AvgIpc) is 2.51. The molecule has 0 bridgehead atoms. The van der Waals surface area contributed by atoms with E-state index in [2.05, 4.69) is 22.2 Å². The minimum atomic E-state index is 0.0697. The number of aryl methyl sites for hydroxylation is 1. The molecule has 5 nitrogen and oxygen atoms in total. The summed E-state index contributed by atoms with van der Waals surface area (Å²) in [6, 6.07) is 11.8. The molecule has 108 valence electrons. The van der Waals surface area contributed by atoms with Gasteiger partial charge in [-0.15, -0.1) is 0 Å². The predicted molar refractivity (Wildman–Crippen MR) is 79.6 cm³/mol. The van der Waals surface area contributed by atoms with Crippen molar-refractivity contribution in [3.05, 3.63) is 53.6 Å². The van der Waals surface area contributed by atoms with E-state index in [0.29, 0.717) is 12.3 Å². The number of aromatic nitrogens is 2. The van der Waals surface area contributed by atoms with Crippen molar-refractivity contribution < 1.29 is 4.74 Å². The van der Waals surface area contributed by atoms with Crippen LogP contribution in [0.15, 0.2) is 36.5 Å². The number of nitrogens with one attached hydrogen (secondary N) is 1. The molecule has 1 aromatic carbocycles. The van der Waals surface area contributed by atoms with E-state index < -0.39 is 0 Å². The number of nitrogens with zero attached hydrogens (tertiary/aromatic N) is 3. The molecule has 2 rings (SSSR count). The lowest BCUT2D eigenvalue weighted by Crippen LogP contribution is -2.19. The zero-order valence-corrected chi connectivity index (χ0v) is 12.2. The Hall–Kier alpha value is -2.45. The fourth-order valence-electron chi connectivity index (χ4n) is 1.95. The molecule has 0 aliphatic heterocycles. The third-order valence-corrected chi connectivity index (χ3v) is 3.11. The third-order valence-electron chi connectivity index (χ3n) is 3.11. The van der Waals surface area contributed by atoms with Crippen LogP contribution >= 0.6 is 0 Å². The lowest BCUT2D eigenvalue weighted by molar-refractivity contribution is 0.368. The highest BCUT2D eigenvalue weighted by Crippen LogP contribution is 2.17. The quantitative estimate of drug-likeness (QED) is 0.881. The van der Waals surface area contributed by atoms with Crippen LogP contribution in [0, 0.1) is 18.3 Å². The molecular formula is C16H18N4O. The first-order valence-electron chi connectivity index (χ1n) is 6.80. The molecule has 5 heteroatoms. The highest BCUT2D eigenvalue weighted by Gasteiger charge is 2.06. The van der Waals surface area contributed by atoms with Crippen LogP contribution in [0.4, 0.5) is 0 Å². The summed E-state index contributed by atoms with van der Waals surface area (Å²) >= 11 is 0. The Bertz CT molecular complexity index is 619. The van der Waals surface area contributed by atoms with Gasteiger partial charge in [-0.1, -0.05) is 12.1 Å². The number of hydrogen-bond acceptors (Lipinski definition) is 5. The van der Waals surface area contributed by atoms with Crippen LogP contribution in [-0.2, 0) is 6.54 Å². The lowest BCUT2D eigenvalue weighted by Gasteiger charge is -2.14. The number of ether oxygens (including phenoxy) is 1. The third kappa shape index (κ3) is 4.55. The van der Waals surface area contributed by atoms with Gasteiger partial charge >= 0.3 is 0 Å². The topological polar surface area (TPSA) is 70.8 Å². The Labute approximate surface area is 124 Å². The van der Waals surface area contributed by atoms with E-state index in [4.69, 9.17) is 10.00 Å². The van der Waals surface area contributed by atoms with Crippen molar-refractivity contribution in [1.29, 1.82) is 5.26 Å².